The van der Waals surface area contributed by atoms with E-state index in [9.17, 15) is 9.18 Å². The lowest BCUT2D eigenvalue weighted by Gasteiger charge is -2.08. The summed E-state index contributed by atoms with van der Waals surface area (Å²) in [5, 5.41) is 0.119. The predicted octanol–water partition coefficient (Wildman–Crippen LogP) is 2.64. The van der Waals surface area contributed by atoms with E-state index in [1.165, 1.54) is 32.4 Å². The Morgan fingerprint density at radius 3 is 2.62 bits per heavy atom. The summed E-state index contributed by atoms with van der Waals surface area (Å²) in [5.74, 6) is -1.32. The van der Waals surface area contributed by atoms with Crippen molar-refractivity contribution in [2.24, 2.45) is 0 Å². The lowest BCUT2D eigenvalue weighted by molar-refractivity contribution is -0.133. The number of carbonyl (C=O) groups is 1. The maximum atomic E-state index is 13.5. The lowest BCUT2D eigenvalue weighted by atomic mass is 10.1. The summed E-state index contributed by atoms with van der Waals surface area (Å²) < 4.78 is 22.8. The lowest BCUT2D eigenvalue weighted by Crippen LogP contribution is -2.06. The van der Waals surface area contributed by atoms with Gasteiger partial charge in [-0.3, -0.25) is 0 Å². The topological polar surface area (TPSA) is 35.5 Å². The van der Waals surface area contributed by atoms with Crippen molar-refractivity contribution < 1.29 is 18.7 Å². The van der Waals surface area contributed by atoms with Crippen LogP contribution in [-0.4, -0.2) is 20.2 Å². The van der Waals surface area contributed by atoms with Gasteiger partial charge in [-0.05, 0) is 12.1 Å². The van der Waals surface area contributed by atoms with Gasteiger partial charge in [0.05, 0.1) is 25.5 Å². The number of esters is 1. The first-order valence-corrected chi connectivity index (χ1v) is 4.75. The first-order valence-electron chi connectivity index (χ1n) is 4.37. The zero-order valence-corrected chi connectivity index (χ0v) is 9.55. The van der Waals surface area contributed by atoms with Crippen LogP contribution in [0.15, 0.2) is 24.5 Å². The number of rotatable bonds is 3. The van der Waals surface area contributed by atoms with Gasteiger partial charge in [-0.1, -0.05) is 17.7 Å². The molecule has 0 radical (unpaired) electrons. The van der Waals surface area contributed by atoms with Gasteiger partial charge in [0.25, 0.3) is 0 Å². The first-order chi connectivity index (χ1) is 7.61. The zero-order valence-electron chi connectivity index (χ0n) is 8.79. The number of methoxy groups -OCH3 is 2. The van der Waals surface area contributed by atoms with Crippen LogP contribution in [0.25, 0.3) is 5.57 Å². The van der Waals surface area contributed by atoms with Crippen molar-refractivity contribution in [1.82, 2.24) is 0 Å². The molecule has 0 atom stereocenters. The van der Waals surface area contributed by atoms with Crippen LogP contribution in [0.1, 0.15) is 5.56 Å². The molecule has 0 saturated carbocycles. The highest BCUT2D eigenvalue weighted by Gasteiger charge is 2.19. The minimum absolute atomic E-state index is 0.0298. The fourth-order valence-corrected chi connectivity index (χ4v) is 1.46. The van der Waals surface area contributed by atoms with Crippen molar-refractivity contribution in [2.45, 2.75) is 0 Å². The Morgan fingerprint density at radius 2 is 2.12 bits per heavy atom. The number of ether oxygens (including phenoxy) is 2. The molecule has 0 fully saturated rings. The van der Waals surface area contributed by atoms with E-state index < -0.39 is 11.8 Å². The largest absolute Gasteiger partial charge is 0.503 e. The minimum Gasteiger partial charge on any atom is -0.503 e. The van der Waals surface area contributed by atoms with Crippen LogP contribution in [0.5, 0.6) is 0 Å². The van der Waals surface area contributed by atoms with Crippen LogP contribution in [0.3, 0.4) is 0 Å². The van der Waals surface area contributed by atoms with Gasteiger partial charge in [0.15, 0.2) is 0 Å². The molecule has 0 unspecified atom stereocenters. The van der Waals surface area contributed by atoms with E-state index in [1.54, 1.807) is 0 Å². The Bertz CT molecular complexity index is 409. The molecule has 0 saturated heterocycles. The number of benzene rings is 1. The molecule has 0 amide bonds. The van der Waals surface area contributed by atoms with Crippen molar-refractivity contribution in [3.05, 3.63) is 40.9 Å². The summed E-state index contributed by atoms with van der Waals surface area (Å²) in [4.78, 5) is 11.4. The molecule has 0 N–H and O–H groups in total. The Kier molecular flexibility index (Phi) is 4.31. The van der Waals surface area contributed by atoms with E-state index in [0.717, 1.165) is 6.26 Å². The van der Waals surface area contributed by atoms with Crippen molar-refractivity contribution in [1.29, 1.82) is 0 Å². The maximum Gasteiger partial charge on any atom is 0.341 e. The fraction of sp³-hybridized carbons (Fsp3) is 0.182. The second kappa shape index (κ2) is 5.51. The van der Waals surface area contributed by atoms with Crippen LogP contribution >= 0.6 is 11.6 Å². The second-order valence-corrected chi connectivity index (χ2v) is 3.26. The standard InChI is InChI=1S/C11H10ClFO3/c1-15-6-7(11(14)16-2)10-8(12)4-3-5-9(10)13/h3-6H,1-2H3. The molecular weight excluding hydrogens is 235 g/mol. The van der Waals surface area contributed by atoms with Gasteiger partial charge in [0, 0.05) is 5.56 Å². The molecule has 16 heavy (non-hydrogen) atoms. The van der Waals surface area contributed by atoms with E-state index in [4.69, 9.17) is 16.3 Å². The molecule has 0 aromatic heterocycles. The number of hydrogen-bond acceptors (Lipinski definition) is 3. The highest BCUT2D eigenvalue weighted by Crippen LogP contribution is 2.27. The molecular formula is C11H10ClFO3. The van der Waals surface area contributed by atoms with Gasteiger partial charge < -0.3 is 9.47 Å². The van der Waals surface area contributed by atoms with E-state index in [0.29, 0.717) is 0 Å². The molecule has 0 spiro atoms. The highest BCUT2D eigenvalue weighted by molar-refractivity contribution is 6.34. The van der Waals surface area contributed by atoms with Crippen molar-refractivity contribution in [3.63, 3.8) is 0 Å². The number of halogens is 2. The van der Waals surface area contributed by atoms with Gasteiger partial charge in [0.2, 0.25) is 0 Å². The fourth-order valence-electron chi connectivity index (χ4n) is 1.19. The van der Waals surface area contributed by atoms with Crippen LogP contribution < -0.4 is 0 Å². The van der Waals surface area contributed by atoms with Crippen LogP contribution in [-0.2, 0) is 14.3 Å². The minimum atomic E-state index is -0.714. The highest BCUT2D eigenvalue weighted by atomic mass is 35.5. The Morgan fingerprint density at radius 1 is 1.44 bits per heavy atom. The SMILES string of the molecule is COC=C(C(=O)OC)c1c(F)cccc1Cl. The van der Waals surface area contributed by atoms with E-state index in [2.05, 4.69) is 4.74 Å². The molecule has 0 aliphatic carbocycles. The van der Waals surface area contributed by atoms with E-state index in [-0.39, 0.29) is 16.2 Å². The molecule has 1 aromatic rings. The average molecular weight is 245 g/mol. The molecule has 0 heterocycles. The van der Waals surface area contributed by atoms with Crippen LogP contribution in [0.2, 0.25) is 5.02 Å². The van der Waals surface area contributed by atoms with Crippen molar-refractivity contribution in [3.8, 4) is 0 Å². The van der Waals surface area contributed by atoms with Gasteiger partial charge in [-0.25, -0.2) is 9.18 Å². The molecule has 0 bridgehead atoms. The Hall–Kier alpha value is -1.55. The second-order valence-electron chi connectivity index (χ2n) is 2.86. The quantitative estimate of drug-likeness (QED) is 0.466. The summed E-state index contributed by atoms with van der Waals surface area (Å²) in [5.41, 5.74) is -0.0917. The average Bonchev–Trinajstić information content (AvgIpc) is 2.26. The third-order valence-corrected chi connectivity index (χ3v) is 2.19. The molecule has 1 rings (SSSR count). The molecule has 5 heteroatoms. The Balaban J connectivity index is 3.32. The van der Waals surface area contributed by atoms with Crippen LogP contribution in [0, 0.1) is 5.82 Å². The molecule has 0 aliphatic rings. The van der Waals surface area contributed by atoms with Crippen molar-refractivity contribution >= 4 is 23.1 Å². The van der Waals surface area contributed by atoms with Crippen LogP contribution in [0.4, 0.5) is 4.39 Å². The third-order valence-electron chi connectivity index (χ3n) is 1.87. The third kappa shape index (κ3) is 2.52. The zero-order chi connectivity index (χ0) is 12.1. The summed E-state index contributed by atoms with van der Waals surface area (Å²) in [7, 11) is 2.54. The summed E-state index contributed by atoms with van der Waals surface area (Å²) in [6, 6.07) is 4.13. The first kappa shape index (κ1) is 12.5. The van der Waals surface area contributed by atoms with Crippen molar-refractivity contribution in [2.75, 3.05) is 14.2 Å². The number of hydrogen-bond donors (Lipinski definition) is 0. The molecule has 86 valence electrons. The normalized spacial score (nSPS) is 11.1. The number of carbonyl (C=O) groups excluding carboxylic acids is 1. The monoisotopic (exact) mass is 244 g/mol. The predicted molar refractivity (Wildman–Crippen MR) is 58.4 cm³/mol. The van der Waals surface area contributed by atoms with Gasteiger partial charge in [-0.15, -0.1) is 0 Å². The molecule has 1 aromatic carbocycles. The van der Waals surface area contributed by atoms with E-state index in [1.807, 2.05) is 0 Å². The van der Waals surface area contributed by atoms with Gasteiger partial charge >= 0.3 is 5.97 Å². The smallest absolute Gasteiger partial charge is 0.341 e. The Labute approximate surface area is 97.4 Å². The van der Waals surface area contributed by atoms with Gasteiger partial charge in [0.1, 0.15) is 11.4 Å². The maximum absolute atomic E-state index is 13.5. The van der Waals surface area contributed by atoms with E-state index >= 15 is 0 Å². The molecule has 0 aliphatic heterocycles. The molecule has 3 nitrogen and oxygen atoms in total. The van der Waals surface area contributed by atoms with Gasteiger partial charge in [-0.2, -0.15) is 0 Å². The summed E-state index contributed by atoms with van der Waals surface area (Å²) in [6.45, 7) is 0. The summed E-state index contributed by atoms with van der Waals surface area (Å²) >= 11 is 5.82. The summed E-state index contributed by atoms with van der Waals surface area (Å²) in [6.07, 6.45) is 1.09.